The molecule has 1 aromatic heterocycles. The van der Waals surface area contributed by atoms with Gasteiger partial charge in [-0.05, 0) is 49.0 Å². The van der Waals surface area contributed by atoms with Crippen molar-refractivity contribution in [2.45, 2.75) is 39.2 Å². The van der Waals surface area contributed by atoms with E-state index in [0.717, 1.165) is 36.0 Å². The number of halogens is 2. The van der Waals surface area contributed by atoms with E-state index in [1.54, 1.807) is 6.07 Å². The van der Waals surface area contributed by atoms with Crippen LogP contribution in [-0.2, 0) is 12.8 Å². The zero-order valence-corrected chi connectivity index (χ0v) is 13.0. The molecule has 2 rings (SSSR count). The monoisotopic (exact) mass is 311 g/mol. The minimum Gasteiger partial charge on any atom is -0.309 e. The van der Waals surface area contributed by atoms with Crippen LogP contribution in [0, 0.1) is 11.6 Å². The van der Waals surface area contributed by atoms with Crippen molar-refractivity contribution in [2.24, 2.45) is 0 Å². The van der Waals surface area contributed by atoms with Gasteiger partial charge in [0.2, 0.25) is 0 Å². The minimum atomic E-state index is -0.806. The first-order valence-electron chi connectivity index (χ1n) is 7.14. The largest absolute Gasteiger partial charge is 0.309 e. The molecular weight excluding hydrogens is 292 g/mol. The summed E-state index contributed by atoms with van der Waals surface area (Å²) in [5, 5.41) is 7.49. The molecule has 0 aliphatic heterocycles. The predicted octanol–water partition coefficient (Wildman–Crippen LogP) is 3.66. The standard InChI is InChI=1S/C15H19F2N3S/c1-3-8-18-13(15-12(4-2)19-20-21-15)9-10-6-5-7-11(16)14(10)17/h5-7,13,18H,3-4,8-9H2,1-2H3. The van der Waals surface area contributed by atoms with E-state index in [2.05, 4.69) is 21.8 Å². The molecule has 1 unspecified atom stereocenters. The Kier molecular flexibility index (Phi) is 5.76. The summed E-state index contributed by atoms with van der Waals surface area (Å²) in [6.45, 7) is 4.89. The lowest BCUT2D eigenvalue weighted by molar-refractivity contribution is 0.478. The highest BCUT2D eigenvalue weighted by molar-refractivity contribution is 7.05. The molecule has 0 aliphatic carbocycles. The van der Waals surface area contributed by atoms with Gasteiger partial charge < -0.3 is 5.32 Å². The summed E-state index contributed by atoms with van der Waals surface area (Å²) in [5.74, 6) is -1.57. The Morgan fingerprint density at radius 1 is 1.29 bits per heavy atom. The number of aryl methyl sites for hydroxylation is 1. The van der Waals surface area contributed by atoms with E-state index >= 15 is 0 Å². The fourth-order valence-corrected chi connectivity index (χ4v) is 3.04. The van der Waals surface area contributed by atoms with Crippen LogP contribution in [0.25, 0.3) is 0 Å². The van der Waals surface area contributed by atoms with Crippen LogP contribution in [0.1, 0.15) is 42.4 Å². The van der Waals surface area contributed by atoms with Crippen LogP contribution in [0.3, 0.4) is 0 Å². The molecule has 1 N–H and O–H groups in total. The van der Waals surface area contributed by atoms with Crippen molar-refractivity contribution >= 4 is 11.5 Å². The van der Waals surface area contributed by atoms with Crippen LogP contribution in [0.4, 0.5) is 8.78 Å². The maximum absolute atomic E-state index is 13.9. The smallest absolute Gasteiger partial charge is 0.162 e. The van der Waals surface area contributed by atoms with Gasteiger partial charge in [-0.2, -0.15) is 0 Å². The third-order valence-corrected chi connectivity index (χ3v) is 4.21. The number of hydrogen-bond acceptors (Lipinski definition) is 4. The van der Waals surface area contributed by atoms with Gasteiger partial charge in [0.05, 0.1) is 10.6 Å². The van der Waals surface area contributed by atoms with E-state index in [1.807, 2.05) is 6.92 Å². The van der Waals surface area contributed by atoms with Crippen LogP contribution in [0.2, 0.25) is 0 Å². The van der Waals surface area contributed by atoms with Crippen molar-refractivity contribution in [3.05, 3.63) is 46.0 Å². The maximum Gasteiger partial charge on any atom is 0.162 e. The average Bonchev–Trinajstić information content (AvgIpc) is 2.96. The predicted molar refractivity (Wildman–Crippen MR) is 80.4 cm³/mol. The summed E-state index contributed by atoms with van der Waals surface area (Å²) in [6.07, 6.45) is 2.14. The SMILES string of the molecule is CCCNC(Cc1cccc(F)c1F)c1snnc1CC. The average molecular weight is 311 g/mol. The molecule has 0 amide bonds. The second-order valence-corrected chi connectivity index (χ2v) is 5.65. The minimum absolute atomic E-state index is 0.0869. The molecule has 1 heterocycles. The molecule has 1 aromatic carbocycles. The molecule has 0 radical (unpaired) electrons. The van der Waals surface area contributed by atoms with Crippen molar-refractivity contribution < 1.29 is 8.78 Å². The second-order valence-electron chi connectivity index (χ2n) is 4.86. The van der Waals surface area contributed by atoms with Crippen LogP contribution in [-0.4, -0.2) is 16.1 Å². The lowest BCUT2D eigenvalue weighted by atomic mass is 10.0. The summed E-state index contributed by atoms with van der Waals surface area (Å²) in [6, 6.07) is 4.21. The zero-order valence-electron chi connectivity index (χ0n) is 12.2. The molecule has 2 aromatic rings. The number of nitrogens with one attached hydrogen (secondary N) is 1. The van der Waals surface area contributed by atoms with Crippen LogP contribution in [0.15, 0.2) is 18.2 Å². The number of hydrogen-bond donors (Lipinski definition) is 1. The van der Waals surface area contributed by atoms with Gasteiger partial charge >= 0.3 is 0 Å². The summed E-state index contributed by atoms with van der Waals surface area (Å²) in [7, 11) is 0. The van der Waals surface area contributed by atoms with E-state index in [-0.39, 0.29) is 6.04 Å². The van der Waals surface area contributed by atoms with Gasteiger partial charge in [-0.15, -0.1) is 5.10 Å². The molecule has 0 saturated carbocycles. The van der Waals surface area contributed by atoms with Gasteiger partial charge in [0.15, 0.2) is 11.6 Å². The van der Waals surface area contributed by atoms with E-state index in [9.17, 15) is 8.78 Å². The maximum atomic E-state index is 13.9. The number of aromatic nitrogens is 2. The van der Waals surface area contributed by atoms with Gasteiger partial charge in [-0.1, -0.05) is 30.5 Å². The van der Waals surface area contributed by atoms with E-state index in [0.29, 0.717) is 12.0 Å². The number of rotatable bonds is 7. The fourth-order valence-electron chi connectivity index (χ4n) is 2.23. The highest BCUT2D eigenvalue weighted by Gasteiger charge is 2.20. The quantitative estimate of drug-likeness (QED) is 0.848. The van der Waals surface area contributed by atoms with Gasteiger partial charge in [-0.25, -0.2) is 8.78 Å². The fraction of sp³-hybridized carbons (Fsp3) is 0.467. The Labute approximate surface area is 127 Å². The van der Waals surface area contributed by atoms with Crippen LogP contribution >= 0.6 is 11.5 Å². The summed E-state index contributed by atoms with van der Waals surface area (Å²) in [4.78, 5) is 1.01. The van der Waals surface area contributed by atoms with Gasteiger partial charge in [0.25, 0.3) is 0 Å². The van der Waals surface area contributed by atoms with Crippen molar-refractivity contribution in [2.75, 3.05) is 6.54 Å². The van der Waals surface area contributed by atoms with Gasteiger partial charge in [0, 0.05) is 6.04 Å². The second kappa shape index (κ2) is 7.56. The third-order valence-electron chi connectivity index (χ3n) is 3.33. The Hall–Kier alpha value is -1.40. The molecule has 1 atom stereocenters. The normalized spacial score (nSPS) is 12.6. The third kappa shape index (κ3) is 3.83. The summed E-state index contributed by atoms with van der Waals surface area (Å²) >= 11 is 1.32. The van der Waals surface area contributed by atoms with Crippen LogP contribution < -0.4 is 5.32 Å². The molecule has 0 bridgehead atoms. The van der Waals surface area contributed by atoms with Crippen molar-refractivity contribution in [3.63, 3.8) is 0 Å². The molecular formula is C15H19F2N3S. The molecule has 0 fully saturated rings. The lowest BCUT2D eigenvalue weighted by Crippen LogP contribution is -2.24. The van der Waals surface area contributed by atoms with E-state index < -0.39 is 11.6 Å². The van der Waals surface area contributed by atoms with Crippen LogP contribution in [0.5, 0.6) is 0 Å². The van der Waals surface area contributed by atoms with E-state index in [4.69, 9.17) is 0 Å². The highest BCUT2D eigenvalue weighted by atomic mass is 32.1. The first-order chi connectivity index (χ1) is 10.2. The molecule has 21 heavy (non-hydrogen) atoms. The Balaban J connectivity index is 2.26. The Morgan fingerprint density at radius 2 is 2.10 bits per heavy atom. The topological polar surface area (TPSA) is 37.8 Å². The first-order valence-corrected chi connectivity index (χ1v) is 7.92. The Bertz CT molecular complexity index is 586. The van der Waals surface area contributed by atoms with Crippen molar-refractivity contribution in [1.82, 2.24) is 14.9 Å². The molecule has 0 aliphatic rings. The van der Waals surface area contributed by atoms with Gasteiger partial charge in [0.1, 0.15) is 0 Å². The zero-order chi connectivity index (χ0) is 15.2. The summed E-state index contributed by atoms with van der Waals surface area (Å²) in [5.41, 5.74) is 1.30. The number of benzene rings is 1. The summed E-state index contributed by atoms with van der Waals surface area (Å²) < 4.78 is 31.2. The number of nitrogens with zero attached hydrogens (tertiary/aromatic N) is 2. The van der Waals surface area contributed by atoms with Crippen molar-refractivity contribution in [1.29, 1.82) is 0 Å². The molecule has 114 valence electrons. The highest BCUT2D eigenvalue weighted by Crippen LogP contribution is 2.26. The lowest BCUT2D eigenvalue weighted by Gasteiger charge is -2.18. The first kappa shape index (κ1) is 16.0. The molecule has 0 spiro atoms. The van der Waals surface area contributed by atoms with E-state index in [1.165, 1.54) is 17.6 Å². The molecule has 6 heteroatoms. The van der Waals surface area contributed by atoms with Gasteiger partial charge in [-0.3, -0.25) is 0 Å². The Morgan fingerprint density at radius 3 is 2.81 bits per heavy atom. The molecule has 0 saturated heterocycles. The molecule has 3 nitrogen and oxygen atoms in total. The van der Waals surface area contributed by atoms with Crippen molar-refractivity contribution in [3.8, 4) is 0 Å².